The molecule has 1 atom stereocenters. The Morgan fingerprint density at radius 1 is 1.24 bits per heavy atom. The van der Waals surface area contributed by atoms with E-state index in [9.17, 15) is 9.65 Å². The first-order valence-electron chi connectivity index (χ1n) is 7.27. The van der Waals surface area contributed by atoms with E-state index in [1.165, 1.54) is 6.07 Å². The number of rotatable bonds is 4. The van der Waals surface area contributed by atoms with Gasteiger partial charge < -0.3 is 4.90 Å². The predicted molar refractivity (Wildman–Crippen MR) is 79.2 cm³/mol. The van der Waals surface area contributed by atoms with Crippen molar-refractivity contribution in [3.8, 4) is 12.1 Å². The molecule has 0 aromatic heterocycles. The van der Waals surface area contributed by atoms with E-state index >= 15 is 0 Å². The molecule has 1 fully saturated rings. The van der Waals surface area contributed by atoms with Crippen LogP contribution >= 0.6 is 0 Å². The van der Waals surface area contributed by atoms with Gasteiger partial charge in [0.2, 0.25) is 0 Å². The zero-order chi connectivity index (χ0) is 15.2. The lowest BCUT2D eigenvalue weighted by Gasteiger charge is -2.38. The highest BCUT2D eigenvalue weighted by Crippen LogP contribution is 2.22. The zero-order valence-corrected chi connectivity index (χ0v) is 12.2. The van der Waals surface area contributed by atoms with Crippen LogP contribution in [0.2, 0.25) is 0 Å². The van der Waals surface area contributed by atoms with Crippen molar-refractivity contribution in [1.82, 2.24) is 4.90 Å². The van der Waals surface area contributed by atoms with Crippen LogP contribution in [0.1, 0.15) is 25.3 Å². The monoisotopic (exact) mass is 286 g/mol. The van der Waals surface area contributed by atoms with Gasteiger partial charge in [-0.1, -0.05) is 13.3 Å². The van der Waals surface area contributed by atoms with E-state index in [4.69, 9.17) is 5.26 Å². The van der Waals surface area contributed by atoms with E-state index in [0.717, 1.165) is 25.9 Å². The predicted octanol–water partition coefficient (Wildman–Crippen LogP) is 2.51. The van der Waals surface area contributed by atoms with Gasteiger partial charge in [-0.25, -0.2) is 4.39 Å². The van der Waals surface area contributed by atoms with Crippen molar-refractivity contribution in [3.05, 3.63) is 29.6 Å². The number of piperazine rings is 1. The molecule has 1 aliphatic heterocycles. The van der Waals surface area contributed by atoms with Crippen molar-refractivity contribution in [3.63, 3.8) is 0 Å². The summed E-state index contributed by atoms with van der Waals surface area (Å²) in [6.45, 7) is 5.00. The summed E-state index contributed by atoms with van der Waals surface area (Å²) in [6, 6.07) is 8.83. The molecule has 1 aromatic carbocycles. The molecular weight excluding hydrogens is 267 g/mol. The molecule has 0 radical (unpaired) electrons. The SMILES string of the molecule is CCCC(C#N)N1CCN(c2ccc(C#N)cc2F)CC1. The van der Waals surface area contributed by atoms with Crippen LogP contribution in [-0.4, -0.2) is 37.1 Å². The average Bonchev–Trinajstić information content (AvgIpc) is 2.53. The van der Waals surface area contributed by atoms with Gasteiger partial charge in [-0.15, -0.1) is 0 Å². The van der Waals surface area contributed by atoms with Gasteiger partial charge >= 0.3 is 0 Å². The minimum atomic E-state index is -0.354. The van der Waals surface area contributed by atoms with Crippen LogP contribution in [-0.2, 0) is 0 Å². The summed E-state index contributed by atoms with van der Waals surface area (Å²) in [5, 5.41) is 18.0. The van der Waals surface area contributed by atoms with Gasteiger partial charge in [0.1, 0.15) is 5.82 Å². The second-order valence-electron chi connectivity index (χ2n) is 5.23. The Hall–Kier alpha value is -2.11. The number of nitrogens with zero attached hydrogens (tertiary/aromatic N) is 4. The molecule has 1 saturated heterocycles. The molecule has 1 aromatic rings. The van der Waals surface area contributed by atoms with E-state index in [2.05, 4.69) is 17.9 Å². The lowest BCUT2D eigenvalue weighted by atomic mass is 10.1. The van der Waals surface area contributed by atoms with E-state index in [1.807, 2.05) is 11.0 Å². The molecular formula is C16H19FN4. The van der Waals surface area contributed by atoms with E-state index < -0.39 is 0 Å². The third-order valence-corrected chi connectivity index (χ3v) is 3.88. The molecule has 0 amide bonds. The second kappa shape index (κ2) is 7.06. The van der Waals surface area contributed by atoms with Gasteiger partial charge in [0.05, 0.1) is 29.4 Å². The highest BCUT2D eigenvalue weighted by Gasteiger charge is 2.24. The van der Waals surface area contributed by atoms with Crippen LogP contribution in [0.4, 0.5) is 10.1 Å². The third kappa shape index (κ3) is 3.51. The largest absolute Gasteiger partial charge is 0.367 e. The van der Waals surface area contributed by atoms with Gasteiger partial charge in [0.15, 0.2) is 0 Å². The fourth-order valence-corrected chi connectivity index (χ4v) is 2.71. The number of anilines is 1. The smallest absolute Gasteiger partial charge is 0.147 e. The zero-order valence-electron chi connectivity index (χ0n) is 12.2. The van der Waals surface area contributed by atoms with E-state index in [-0.39, 0.29) is 11.9 Å². The van der Waals surface area contributed by atoms with Crippen molar-refractivity contribution in [2.45, 2.75) is 25.8 Å². The fourth-order valence-electron chi connectivity index (χ4n) is 2.71. The molecule has 4 nitrogen and oxygen atoms in total. The van der Waals surface area contributed by atoms with Crippen LogP contribution in [0.25, 0.3) is 0 Å². The number of nitriles is 2. The van der Waals surface area contributed by atoms with Crippen LogP contribution in [0.3, 0.4) is 0 Å². The summed E-state index contributed by atoms with van der Waals surface area (Å²) in [4.78, 5) is 4.15. The van der Waals surface area contributed by atoms with Crippen molar-refractivity contribution in [2.24, 2.45) is 0 Å². The third-order valence-electron chi connectivity index (χ3n) is 3.88. The Labute approximate surface area is 125 Å². The molecule has 0 bridgehead atoms. The summed E-state index contributed by atoms with van der Waals surface area (Å²) in [5.74, 6) is -0.354. The van der Waals surface area contributed by atoms with Crippen molar-refractivity contribution in [1.29, 1.82) is 10.5 Å². The number of hydrogen-bond acceptors (Lipinski definition) is 4. The lowest BCUT2D eigenvalue weighted by molar-refractivity contribution is 0.211. The van der Waals surface area contributed by atoms with Gasteiger partial charge in [0.25, 0.3) is 0 Å². The molecule has 110 valence electrons. The molecule has 2 rings (SSSR count). The lowest BCUT2D eigenvalue weighted by Crippen LogP contribution is -2.50. The van der Waals surface area contributed by atoms with Crippen molar-refractivity contribution in [2.75, 3.05) is 31.1 Å². The van der Waals surface area contributed by atoms with Crippen LogP contribution < -0.4 is 4.90 Å². The minimum Gasteiger partial charge on any atom is -0.367 e. The summed E-state index contributed by atoms with van der Waals surface area (Å²) in [6.07, 6.45) is 1.87. The Kier molecular flexibility index (Phi) is 5.14. The summed E-state index contributed by atoms with van der Waals surface area (Å²) in [7, 11) is 0. The fraction of sp³-hybridized carbons (Fsp3) is 0.500. The maximum absolute atomic E-state index is 14.0. The van der Waals surface area contributed by atoms with Crippen LogP contribution in [0.5, 0.6) is 0 Å². The second-order valence-corrected chi connectivity index (χ2v) is 5.23. The molecule has 0 N–H and O–H groups in total. The summed E-state index contributed by atoms with van der Waals surface area (Å²) < 4.78 is 14.0. The van der Waals surface area contributed by atoms with Crippen molar-refractivity contribution >= 4 is 5.69 Å². The molecule has 0 spiro atoms. The molecule has 0 aliphatic carbocycles. The Bertz CT molecular complexity index is 565. The molecule has 1 unspecified atom stereocenters. The Balaban J connectivity index is 2.01. The van der Waals surface area contributed by atoms with E-state index in [1.54, 1.807) is 12.1 Å². The first kappa shape index (κ1) is 15.3. The maximum Gasteiger partial charge on any atom is 0.147 e. The number of hydrogen-bond donors (Lipinski definition) is 0. The highest BCUT2D eigenvalue weighted by atomic mass is 19.1. The highest BCUT2D eigenvalue weighted by molar-refractivity contribution is 5.51. The Morgan fingerprint density at radius 3 is 2.48 bits per heavy atom. The van der Waals surface area contributed by atoms with Crippen molar-refractivity contribution < 1.29 is 4.39 Å². The van der Waals surface area contributed by atoms with Crippen LogP contribution in [0.15, 0.2) is 18.2 Å². The molecule has 0 saturated carbocycles. The average molecular weight is 286 g/mol. The molecule has 5 heteroatoms. The van der Waals surface area contributed by atoms with Gasteiger partial charge in [-0.3, -0.25) is 4.90 Å². The molecule has 1 aliphatic rings. The quantitative estimate of drug-likeness (QED) is 0.853. The molecule has 21 heavy (non-hydrogen) atoms. The standard InChI is InChI=1S/C16H19FN4/c1-2-3-14(12-19)20-6-8-21(9-7-20)16-5-4-13(11-18)10-15(16)17/h4-5,10,14H,2-3,6-9H2,1H3. The molecule has 1 heterocycles. The summed E-state index contributed by atoms with van der Waals surface area (Å²) in [5.41, 5.74) is 0.875. The maximum atomic E-state index is 14.0. The normalized spacial score (nSPS) is 17.0. The first-order chi connectivity index (χ1) is 10.2. The van der Waals surface area contributed by atoms with E-state index in [0.29, 0.717) is 24.3 Å². The number of halogens is 1. The van der Waals surface area contributed by atoms with Crippen LogP contribution in [0, 0.1) is 28.5 Å². The number of benzene rings is 1. The van der Waals surface area contributed by atoms with Gasteiger partial charge in [-0.2, -0.15) is 10.5 Å². The summed E-state index contributed by atoms with van der Waals surface area (Å²) >= 11 is 0. The minimum absolute atomic E-state index is 0.0389. The topological polar surface area (TPSA) is 54.1 Å². The van der Waals surface area contributed by atoms with Gasteiger partial charge in [0, 0.05) is 26.2 Å². The Morgan fingerprint density at radius 2 is 1.95 bits per heavy atom. The first-order valence-corrected chi connectivity index (χ1v) is 7.27. The van der Waals surface area contributed by atoms with Gasteiger partial charge in [-0.05, 0) is 24.6 Å².